The summed E-state index contributed by atoms with van der Waals surface area (Å²) in [5.74, 6) is -0.795. The summed E-state index contributed by atoms with van der Waals surface area (Å²) < 4.78 is 19.5. The van der Waals surface area contributed by atoms with Crippen LogP contribution in [0, 0.1) is 5.82 Å². The van der Waals surface area contributed by atoms with E-state index in [4.69, 9.17) is 17.0 Å². The molecule has 0 unspecified atom stereocenters. The Hall–Kier alpha value is -1.81. The van der Waals surface area contributed by atoms with Crippen LogP contribution in [0.2, 0.25) is 0 Å². The number of carbonyl (C=O) groups excluding carboxylic acids is 2. The van der Waals surface area contributed by atoms with Gasteiger partial charge in [-0.1, -0.05) is 42.2 Å². The van der Waals surface area contributed by atoms with E-state index in [0.29, 0.717) is 21.3 Å². The Morgan fingerprint density at radius 3 is 2.79 bits per heavy atom. The van der Waals surface area contributed by atoms with Gasteiger partial charge < -0.3 is 10.1 Å². The van der Waals surface area contributed by atoms with Gasteiger partial charge in [-0.05, 0) is 25.1 Å². The van der Waals surface area contributed by atoms with Crippen molar-refractivity contribution in [2.75, 3.05) is 45.9 Å². The van der Waals surface area contributed by atoms with E-state index < -0.39 is 5.82 Å². The number of hydrogen-bond donors (Lipinski definition) is 1. The van der Waals surface area contributed by atoms with Gasteiger partial charge in [0.15, 0.2) is 0 Å². The third-order valence-corrected chi connectivity index (χ3v) is 6.08. The fraction of sp³-hybridized carbons (Fsp3) is 0.450. The fourth-order valence-corrected chi connectivity index (χ4v) is 4.38. The second kappa shape index (κ2) is 10.8. The van der Waals surface area contributed by atoms with E-state index in [0.717, 1.165) is 51.0 Å². The molecular weight excluding hydrogens is 413 g/mol. The highest BCUT2D eigenvalue weighted by Gasteiger charge is 2.32. The largest absolute Gasteiger partial charge is 0.379 e. The molecule has 9 heteroatoms. The number of nitrogens with zero attached hydrogens (tertiary/aromatic N) is 2. The first-order chi connectivity index (χ1) is 14.0. The van der Waals surface area contributed by atoms with Gasteiger partial charge in [0, 0.05) is 38.2 Å². The molecule has 1 aromatic carbocycles. The molecule has 1 N–H and O–H groups in total. The van der Waals surface area contributed by atoms with Crippen LogP contribution in [0.3, 0.4) is 0 Å². The molecule has 0 spiro atoms. The minimum Gasteiger partial charge on any atom is -0.379 e. The number of thioether (sulfide) groups is 1. The van der Waals surface area contributed by atoms with Crippen molar-refractivity contribution in [2.24, 2.45) is 0 Å². The monoisotopic (exact) mass is 437 g/mol. The molecule has 156 valence electrons. The molecule has 2 fully saturated rings. The minimum absolute atomic E-state index is 0.112. The Labute approximate surface area is 179 Å². The van der Waals surface area contributed by atoms with Crippen LogP contribution in [-0.2, 0) is 14.3 Å². The van der Waals surface area contributed by atoms with E-state index in [1.54, 1.807) is 18.2 Å². The highest BCUT2D eigenvalue weighted by atomic mass is 32.2. The van der Waals surface area contributed by atoms with Gasteiger partial charge in [0.2, 0.25) is 5.91 Å². The van der Waals surface area contributed by atoms with Crippen LogP contribution in [-0.4, -0.2) is 71.9 Å². The lowest BCUT2D eigenvalue weighted by molar-refractivity contribution is -0.123. The van der Waals surface area contributed by atoms with Crippen LogP contribution in [0.25, 0.3) is 6.08 Å². The van der Waals surface area contributed by atoms with E-state index in [2.05, 4.69) is 10.2 Å². The summed E-state index contributed by atoms with van der Waals surface area (Å²) in [6.45, 7) is 5.14. The Bertz CT molecular complexity index is 797. The lowest BCUT2D eigenvalue weighted by Crippen LogP contribution is -2.38. The van der Waals surface area contributed by atoms with Crippen LogP contribution in [0.15, 0.2) is 29.2 Å². The maximum absolute atomic E-state index is 13.8. The van der Waals surface area contributed by atoms with Gasteiger partial charge in [-0.25, -0.2) is 4.39 Å². The topological polar surface area (TPSA) is 61.9 Å². The van der Waals surface area contributed by atoms with Crippen molar-refractivity contribution in [3.63, 3.8) is 0 Å². The third kappa shape index (κ3) is 6.33. The van der Waals surface area contributed by atoms with E-state index in [1.807, 2.05) is 0 Å². The standard InChI is InChI=1S/C20H24FN3O3S2/c21-16-5-2-1-4-15(16)14-17-19(26)24(20(28)29-17)9-6-18(25)22-7-3-8-23-10-12-27-13-11-23/h1-2,4-5,14H,3,6-13H2,(H,22,25)/b17-14+. The molecule has 2 aliphatic rings. The number of benzene rings is 1. The number of carbonyl (C=O) groups is 2. The maximum Gasteiger partial charge on any atom is 0.266 e. The summed E-state index contributed by atoms with van der Waals surface area (Å²) in [7, 11) is 0. The van der Waals surface area contributed by atoms with E-state index in [1.165, 1.54) is 17.0 Å². The molecule has 6 nitrogen and oxygen atoms in total. The molecule has 0 aliphatic carbocycles. The van der Waals surface area contributed by atoms with Crippen LogP contribution in [0.1, 0.15) is 18.4 Å². The number of halogens is 1. The van der Waals surface area contributed by atoms with Crippen LogP contribution < -0.4 is 5.32 Å². The third-order valence-electron chi connectivity index (χ3n) is 4.70. The number of amides is 2. The summed E-state index contributed by atoms with van der Waals surface area (Å²) in [4.78, 5) is 28.7. The average Bonchev–Trinajstić information content (AvgIpc) is 2.99. The van der Waals surface area contributed by atoms with E-state index in [9.17, 15) is 14.0 Å². The predicted molar refractivity (Wildman–Crippen MR) is 116 cm³/mol. The smallest absolute Gasteiger partial charge is 0.266 e. The second-order valence-corrected chi connectivity index (χ2v) is 8.44. The SMILES string of the molecule is O=C(CCN1C(=O)/C(=C\c2ccccc2F)SC1=S)NCCCN1CCOCC1. The molecule has 3 rings (SSSR count). The fourth-order valence-electron chi connectivity index (χ4n) is 3.08. The normalized spacial score (nSPS) is 19.2. The molecule has 0 bridgehead atoms. The van der Waals surface area contributed by atoms with Gasteiger partial charge in [0.25, 0.3) is 5.91 Å². The van der Waals surface area contributed by atoms with Crippen molar-refractivity contribution < 1.29 is 18.7 Å². The number of hydrogen-bond acceptors (Lipinski definition) is 6. The quantitative estimate of drug-likeness (QED) is 0.382. The van der Waals surface area contributed by atoms with Gasteiger partial charge in [0.05, 0.1) is 18.1 Å². The number of ether oxygens (including phenoxy) is 1. The predicted octanol–water partition coefficient (Wildman–Crippen LogP) is 2.26. The molecule has 2 amide bonds. The highest BCUT2D eigenvalue weighted by Crippen LogP contribution is 2.32. The van der Waals surface area contributed by atoms with Gasteiger partial charge in [0.1, 0.15) is 10.1 Å². The zero-order chi connectivity index (χ0) is 20.6. The Kier molecular flexibility index (Phi) is 8.17. The highest BCUT2D eigenvalue weighted by molar-refractivity contribution is 8.26. The molecule has 2 heterocycles. The Balaban J connectivity index is 1.41. The number of nitrogens with one attached hydrogen (secondary N) is 1. The summed E-state index contributed by atoms with van der Waals surface area (Å²) >= 11 is 6.39. The Morgan fingerprint density at radius 1 is 1.28 bits per heavy atom. The maximum atomic E-state index is 13.8. The first kappa shape index (κ1) is 21.9. The van der Waals surface area contributed by atoms with Gasteiger partial charge in [-0.15, -0.1) is 0 Å². The summed E-state index contributed by atoms with van der Waals surface area (Å²) in [5.41, 5.74) is 0.339. The first-order valence-electron chi connectivity index (χ1n) is 9.61. The zero-order valence-electron chi connectivity index (χ0n) is 16.1. The van der Waals surface area contributed by atoms with Crippen molar-refractivity contribution in [3.05, 3.63) is 40.6 Å². The summed E-state index contributed by atoms with van der Waals surface area (Å²) in [5, 5.41) is 2.89. The number of thiocarbonyl (C=S) groups is 1. The second-order valence-electron chi connectivity index (χ2n) is 6.76. The average molecular weight is 438 g/mol. The number of morpholine rings is 1. The van der Waals surface area contributed by atoms with Gasteiger partial charge in [-0.3, -0.25) is 19.4 Å². The zero-order valence-corrected chi connectivity index (χ0v) is 17.7. The van der Waals surface area contributed by atoms with Crippen molar-refractivity contribution in [3.8, 4) is 0 Å². The van der Waals surface area contributed by atoms with Crippen LogP contribution in [0.5, 0.6) is 0 Å². The van der Waals surface area contributed by atoms with Crippen molar-refractivity contribution in [1.29, 1.82) is 0 Å². The Morgan fingerprint density at radius 2 is 2.03 bits per heavy atom. The molecule has 0 atom stereocenters. The molecule has 29 heavy (non-hydrogen) atoms. The lowest BCUT2D eigenvalue weighted by Gasteiger charge is -2.26. The summed E-state index contributed by atoms with van der Waals surface area (Å²) in [6, 6.07) is 6.25. The molecular formula is C20H24FN3O3S2. The first-order valence-corrected chi connectivity index (χ1v) is 10.8. The number of rotatable bonds is 8. The molecule has 0 radical (unpaired) electrons. The van der Waals surface area contributed by atoms with Crippen molar-refractivity contribution >= 4 is 46.2 Å². The minimum atomic E-state index is -0.394. The van der Waals surface area contributed by atoms with Gasteiger partial charge in [-0.2, -0.15) is 0 Å². The lowest BCUT2D eigenvalue weighted by atomic mass is 10.2. The molecule has 2 saturated heterocycles. The molecule has 0 aromatic heterocycles. The van der Waals surface area contributed by atoms with Gasteiger partial charge >= 0.3 is 0 Å². The van der Waals surface area contributed by atoms with Crippen molar-refractivity contribution in [2.45, 2.75) is 12.8 Å². The van der Waals surface area contributed by atoms with Crippen molar-refractivity contribution in [1.82, 2.24) is 15.1 Å². The van der Waals surface area contributed by atoms with E-state index >= 15 is 0 Å². The van der Waals surface area contributed by atoms with Crippen LogP contribution in [0.4, 0.5) is 4.39 Å². The molecule has 0 saturated carbocycles. The summed E-state index contributed by atoms with van der Waals surface area (Å²) in [6.07, 6.45) is 2.55. The molecule has 1 aromatic rings. The van der Waals surface area contributed by atoms with E-state index in [-0.39, 0.29) is 24.8 Å². The molecule has 2 aliphatic heterocycles. The van der Waals surface area contributed by atoms with Crippen LogP contribution >= 0.6 is 24.0 Å².